The Kier molecular flexibility index (Phi) is 4.28. The molecule has 1 aromatic rings. The molecule has 15 heavy (non-hydrogen) atoms. The van der Waals surface area contributed by atoms with E-state index in [0.717, 1.165) is 6.42 Å². The fourth-order valence-electron chi connectivity index (χ4n) is 0.955. The molecule has 5 nitrogen and oxygen atoms in total. The second-order valence-electron chi connectivity index (χ2n) is 2.95. The van der Waals surface area contributed by atoms with Crippen molar-refractivity contribution >= 4 is 11.9 Å². The molecule has 2 N–H and O–H groups in total. The number of amides is 3. The number of nitrogens with one attached hydrogen (secondary N) is 2. The summed E-state index contributed by atoms with van der Waals surface area (Å²) in [5, 5.41) is 4.74. The number of pyridine rings is 1. The highest BCUT2D eigenvalue weighted by Gasteiger charge is 2.08. The molecule has 3 amide bonds. The van der Waals surface area contributed by atoms with E-state index in [1.165, 1.54) is 6.20 Å². The molecule has 0 saturated carbocycles. The lowest BCUT2D eigenvalue weighted by atomic mass is 10.3. The van der Waals surface area contributed by atoms with Crippen LogP contribution in [0.3, 0.4) is 0 Å². The smallest absolute Gasteiger partial charge is 0.321 e. The van der Waals surface area contributed by atoms with Gasteiger partial charge in [0.2, 0.25) is 0 Å². The highest BCUT2D eigenvalue weighted by Crippen LogP contribution is 1.94. The van der Waals surface area contributed by atoms with Crippen molar-refractivity contribution in [3.05, 3.63) is 30.1 Å². The minimum Gasteiger partial charge on any atom is -0.338 e. The SMILES string of the molecule is CCCNC(=O)NC(=O)c1cccnc1. The largest absolute Gasteiger partial charge is 0.338 e. The van der Waals surface area contributed by atoms with Crippen LogP contribution in [0.2, 0.25) is 0 Å². The van der Waals surface area contributed by atoms with Crippen molar-refractivity contribution in [1.29, 1.82) is 0 Å². The predicted molar refractivity (Wildman–Crippen MR) is 55.4 cm³/mol. The fourth-order valence-corrected chi connectivity index (χ4v) is 0.955. The number of imide groups is 1. The van der Waals surface area contributed by atoms with E-state index < -0.39 is 11.9 Å². The molecule has 80 valence electrons. The molecule has 0 unspecified atom stereocenters. The minimum atomic E-state index is -0.481. The van der Waals surface area contributed by atoms with Gasteiger partial charge in [-0.15, -0.1) is 0 Å². The summed E-state index contributed by atoms with van der Waals surface area (Å²) in [5.74, 6) is -0.447. The van der Waals surface area contributed by atoms with Gasteiger partial charge in [-0.25, -0.2) is 4.79 Å². The van der Waals surface area contributed by atoms with Crippen molar-refractivity contribution in [2.75, 3.05) is 6.54 Å². The predicted octanol–water partition coefficient (Wildman–Crippen LogP) is 0.931. The molecular weight excluding hydrogens is 194 g/mol. The number of urea groups is 1. The maximum atomic E-state index is 11.4. The van der Waals surface area contributed by atoms with Crippen LogP contribution in [0.15, 0.2) is 24.5 Å². The van der Waals surface area contributed by atoms with Crippen LogP contribution in [0, 0.1) is 0 Å². The van der Waals surface area contributed by atoms with Crippen molar-refractivity contribution in [3.8, 4) is 0 Å². The summed E-state index contributed by atoms with van der Waals surface area (Å²) in [6.45, 7) is 2.48. The van der Waals surface area contributed by atoms with Gasteiger partial charge in [0, 0.05) is 18.9 Å². The van der Waals surface area contributed by atoms with Gasteiger partial charge in [0.15, 0.2) is 0 Å². The number of hydrogen-bond acceptors (Lipinski definition) is 3. The molecular formula is C10H13N3O2. The third kappa shape index (κ3) is 3.76. The summed E-state index contributed by atoms with van der Waals surface area (Å²) in [4.78, 5) is 26.3. The van der Waals surface area contributed by atoms with Crippen LogP contribution >= 0.6 is 0 Å². The number of hydrogen-bond donors (Lipinski definition) is 2. The van der Waals surface area contributed by atoms with Crippen LogP contribution in [-0.4, -0.2) is 23.5 Å². The number of carbonyl (C=O) groups excluding carboxylic acids is 2. The Bertz CT molecular complexity index is 338. The van der Waals surface area contributed by atoms with Gasteiger partial charge in [-0.05, 0) is 18.6 Å². The van der Waals surface area contributed by atoms with Crippen molar-refractivity contribution in [2.24, 2.45) is 0 Å². The maximum absolute atomic E-state index is 11.4. The molecule has 0 bridgehead atoms. The summed E-state index contributed by atoms with van der Waals surface area (Å²) in [6.07, 6.45) is 3.80. The molecule has 0 saturated heterocycles. The first-order valence-corrected chi connectivity index (χ1v) is 4.73. The number of nitrogens with zero attached hydrogens (tertiary/aromatic N) is 1. The zero-order chi connectivity index (χ0) is 11.1. The lowest BCUT2D eigenvalue weighted by molar-refractivity contribution is 0.0963. The van der Waals surface area contributed by atoms with Crippen LogP contribution in [0.4, 0.5) is 4.79 Å². The summed E-state index contributed by atoms with van der Waals surface area (Å²) in [7, 11) is 0. The summed E-state index contributed by atoms with van der Waals surface area (Å²) in [5.41, 5.74) is 0.365. The summed E-state index contributed by atoms with van der Waals surface area (Å²) < 4.78 is 0. The van der Waals surface area contributed by atoms with Crippen molar-refractivity contribution < 1.29 is 9.59 Å². The molecule has 0 aliphatic heterocycles. The van der Waals surface area contributed by atoms with Gasteiger partial charge in [0.1, 0.15) is 0 Å². The van der Waals surface area contributed by atoms with E-state index in [1.54, 1.807) is 18.3 Å². The molecule has 1 rings (SSSR count). The van der Waals surface area contributed by atoms with E-state index >= 15 is 0 Å². The average molecular weight is 207 g/mol. The van der Waals surface area contributed by atoms with Crippen molar-refractivity contribution in [2.45, 2.75) is 13.3 Å². The van der Waals surface area contributed by atoms with Gasteiger partial charge in [-0.1, -0.05) is 6.92 Å². The third-order valence-electron chi connectivity index (χ3n) is 1.69. The first kappa shape index (κ1) is 11.2. The lowest BCUT2D eigenvalue weighted by Crippen LogP contribution is -2.39. The Labute approximate surface area is 87.9 Å². The monoisotopic (exact) mass is 207 g/mol. The molecule has 0 aliphatic rings. The van der Waals surface area contributed by atoms with Crippen molar-refractivity contribution in [3.63, 3.8) is 0 Å². The van der Waals surface area contributed by atoms with Gasteiger partial charge in [-0.3, -0.25) is 15.1 Å². The van der Waals surface area contributed by atoms with Crippen LogP contribution in [-0.2, 0) is 0 Å². The van der Waals surface area contributed by atoms with Crippen LogP contribution < -0.4 is 10.6 Å². The van der Waals surface area contributed by atoms with Crippen molar-refractivity contribution in [1.82, 2.24) is 15.6 Å². The molecule has 1 heterocycles. The second kappa shape index (κ2) is 5.74. The lowest BCUT2D eigenvalue weighted by Gasteiger charge is -2.04. The molecule has 0 fully saturated rings. The number of aromatic nitrogens is 1. The maximum Gasteiger partial charge on any atom is 0.321 e. The van der Waals surface area contributed by atoms with E-state index in [1.807, 2.05) is 6.92 Å². The van der Waals surface area contributed by atoms with Gasteiger partial charge in [0.05, 0.1) is 5.56 Å². The number of rotatable bonds is 3. The molecule has 5 heteroatoms. The van der Waals surface area contributed by atoms with Crippen LogP contribution in [0.25, 0.3) is 0 Å². The summed E-state index contributed by atoms with van der Waals surface area (Å²) in [6, 6.07) is 2.75. The topological polar surface area (TPSA) is 71.1 Å². The van der Waals surface area contributed by atoms with E-state index in [9.17, 15) is 9.59 Å². The fraction of sp³-hybridized carbons (Fsp3) is 0.300. The Morgan fingerprint density at radius 1 is 1.47 bits per heavy atom. The second-order valence-corrected chi connectivity index (χ2v) is 2.95. The molecule has 1 aromatic heterocycles. The highest BCUT2D eigenvalue weighted by atomic mass is 16.2. The normalized spacial score (nSPS) is 9.40. The van der Waals surface area contributed by atoms with Gasteiger partial charge >= 0.3 is 6.03 Å². The van der Waals surface area contributed by atoms with E-state index in [-0.39, 0.29) is 0 Å². The first-order chi connectivity index (χ1) is 7.24. The first-order valence-electron chi connectivity index (χ1n) is 4.73. The molecule has 0 radical (unpaired) electrons. The molecule has 0 spiro atoms. The zero-order valence-electron chi connectivity index (χ0n) is 8.49. The minimum absolute atomic E-state index is 0.365. The Balaban J connectivity index is 2.46. The molecule has 0 aromatic carbocycles. The van der Waals surface area contributed by atoms with Crippen LogP contribution in [0.5, 0.6) is 0 Å². The highest BCUT2D eigenvalue weighted by molar-refractivity contribution is 6.03. The van der Waals surface area contributed by atoms with Gasteiger partial charge in [-0.2, -0.15) is 0 Å². The average Bonchev–Trinajstić information content (AvgIpc) is 2.27. The van der Waals surface area contributed by atoms with E-state index in [2.05, 4.69) is 15.6 Å². The Morgan fingerprint density at radius 2 is 2.27 bits per heavy atom. The standard InChI is InChI=1S/C10H13N3O2/c1-2-5-12-10(15)13-9(14)8-4-3-6-11-7-8/h3-4,6-7H,2,5H2,1H3,(H2,12,13,14,15). The Hall–Kier alpha value is -1.91. The van der Waals surface area contributed by atoms with Crippen LogP contribution in [0.1, 0.15) is 23.7 Å². The van der Waals surface area contributed by atoms with Gasteiger partial charge < -0.3 is 5.32 Å². The zero-order valence-corrected chi connectivity index (χ0v) is 8.49. The quantitative estimate of drug-likeness (QED) is 0.774. The molecule has 0 atom stereocenters. The van der Waals surface area contributed by atoms with Gasteiger partial charge in [0.25, 0.3) is 5.91 Å². The number of carbonyl (C=O) groups is 2. The van der Waals surface area contributed by atoms with E-state index in [4.69, 9.17) is 0 Å². The third-order valence-corrected chi connectivity index (χ3v) is 1.69. The van der Waals surface area contributed by atoms with E-state index in [0.29, 0.717) is 12.1 Å². The Morgan fingerprint density at radius 3 is 2.87 bits per heavy atom. The summed E-state index contributed by atoms with van der Waals surface area (Å²) >= 11 is 0. The molecule has 0 aliphatic carbocycles.